The Morgan fingerprint density at radius 1 is 1.00 bits per heavy atom. The van der Waals surface area contributed by atoms with E-state index in [-0.39, 0.29) is 24.5 Å². The van der Waals surface area contributed by atoms with Crippen LogP contribution in [0, 0.1) is 6.92 Å². The summed E-state index contributed by atoms with van der Waals surface area (Å²) in [7, 11) is 1.60. The molecule has 2 aromatic carbocycles. The van der Waals surface area contributed by atoms with Crippen molar-refractivity contribution < 1.29 is 19.1 Å². The zero-order valence-corrected chi connectivity index (χ0v) is 19.2. The Kier molecular flexibility index (Phi) is 9.38. The van der Waals surface area contributed by atoms with Crippen molar-refractivity contribution in [2.45, 2.75) is 59.2 Å². The highest BCUT2D eigenvalue weighted by molar-refractivity contribution is 5.88. The minimum absolute atomic E-state index is 0.0486. The summed E-state index contributed by atoms with van der Waals surface area (Å²) in [5.74, 6) is 0.920. The number of benzene rings is 2. The Labute approximate surface area is 185 Å². The number of ether oxygens (including phenoxy) is 2. The summed E-state index contributed by atoms with van der Waals surface area (Å²) in [4.78, 5) is 27.8. The first-order valence-corrected chi connectivity index (χ1v) is 10.8. The molecule has 2 rings (SSSR count). The molecule has 0 aliphatic rings. The number of hydrogen-bond donors (Lipinski definition) is 1. The number of rotatable bonds is 11. The fraction of sp³-hybridized carbons (Fsp3) is 0.440. The third-order valence-electron chi connectivity index (χ3n) is 5.41. The average Bonchev–Trinajstić information content (AvgIpc) is 2.78. The highest BCUT2D eigenvalue weighted by Gasteiger charge is 2.29. The number of carbonyl (C=O) groups excluding carboxylic acids is 2. The van der Waals surface area contributed by atoms with Gasteiger partial charge in [-0.1, -0.05) is 38.1 Å². The molecule has 1 N–H and O–H groups in total. The van der Waals surface area contributed by atoms with E-state index in [1.54, 1.807) is 36.3 Å². The molecule has 0 radical (unpaired) electrons. The van der Waals surface area contributed by atoms with Crippen molar-refractivity contribution in [3.63, 3.8) is 0 Å². The van der Waals surface area contributed by atoms with Gasteiger partial charge in [0.2, 0.25) is 5.91 Å². The molecule has 168 valence electrons. The van der Waals surface area contributed by atoms with E-state index < -0.39 is 6.04 Å². The maximum Gasteiger partial charge on any atom is 0.261 e. The Balaban J connectivity index is 2.20. The Morgan fingerprint density at radius 2 is 1.65 bits per heavy atom. The second-order valence-corrected chi connectivity index (χ2v) is 7.65. The van der Waals surface area contributed by atoms with E-state index in [2.05, 4.69) is 5.32 Å². The van der Waals surface area contributed by atoms with Gasteiger partial charge in [0.1, 0.15) is 17.5 Å². The fourth-order valence-corrected chi connectivity index (χ4v) is 3.23. The highest BCUT2D eigenvalue weighted by atomic mass is 16.5. The van der Waals surface area contributed by atoms with Gasteiger partial charge in [-0.15, -0.1) is 0 Å². The third-order valence-corrected chi connectivity index (χ3v) is 5.41. The molecule has 2 aromatic rings. The first kappa shape index (κ1) is 24.3. The molecule has 0 aromatic heterocycles. The summed E-state index contributed by atoms with van der Waals surface area (Å²) in [6.45, 7) is 8.11. The summed E-state index contributed by atoms with van der Waals surface area (Å²) in [5, 5.41) is 3.02. The van der Waals surface area contributed by atoms with Crippen LogP contribution >= 0.6 is 0 Å². The Bertz CT molecular complexity index is 851. The maximum atomic E-state index is 13.2. The summed E-state index contributed by atoms with van der Waals surface area (Å²) < 4.78 is 10.9. The molecule has 0 aliphatic heterocycles. The number of nitrogens with zero attached hydrogens (tertiary/aromatic N) is 1. The normalized spacial score (nSPS) is 12.5. The maximum absolute atomic E-state index is 13.2. The number of amides is 2. The monoisotopic (exact) mass is 426 g/mol. The van der Waals surface area contributed by atoms with Crippen LogP contribution in [0.4, 0.5) is 0 Å². The molecule has 0 fully saturated rings. The minimum Gasteiger partial charge on any atom is -0.497 e. The van der Waals surface area contributed by atoms with E-state index in [1.165, 1.54) is 0 Å². The molecular formula is C25H34N2O4. The third kappa shape index (κ3) is 7.02. The smallest absolute Gasteiger partial charge is 0.261 e. The largest absolute Gasteiger partial charge is 0.497 e. The number of aryl methyl sites for hydroxylation is 1. The van der Waals surface area contributed by atoms with Crippen LogP contribution in [0.3, 0.4) is 0 Å². The van der Waals surface area contributed by atoms with E-state index >= 15 is 0 Å². The van der Waals surface area contributed by atoms with Gasteiger partial charge in [-0.3, -0.25) is 9.59 Å². The molecule has 31 heavy (non-hydrogen) atoms. The topological polar surface area (TPSA) is 67.9 Å². The SMILES string of the molecule is CCC(C)NC(=O)C(CC)N(Cc1ccccc1C)C(=O)COc1ccc(OC)cc1. The molecule has 2 atom stereocenters. The van der Waals surface area contributed by atoms with Crippen LogP contribution in [0.25, 0.3) is 0 Å². The van der Waals surface area contributed by atoms with Crippen molar-refractivity contribution in [1.29, 1.82) is 0 Å². The van der Waals surface area contributed by atoms with Crippen LogP contribution in [0.15, 0.2) is 48.5 Å². The molecule has 0 aliphatic carbocycles. The quantitative estimate of drug-likeness (QED) is 0.587. The predicted molar refractivity (Wildman–Crippen MR) is 122 cm³/mol. The number of methoxy groups -OCH3 is 1. The Morgan fingerprint density at radius 3 is 2.23 bits per heavy atom. The van der Waals surface area contributed by atoms with Crippen LogP contribution in [0.2, 0.25) is 0 Å². The Hall–Kier alpha value is -3.02. The molecule has 0 saturated carbocycles. The molecule has 6 heteroatoms. The molecule has 0 spiro atoms. The van der Waals surface area contributed by atoms with Gasteiger partial charge in [-0.25, -0.2) is 0 Å². The van der Waals surface area contributed by atoms with Crippen LogP contribution in [-0.4, -0.2) is 42.5 Å². The molecule has 2 amide bonds. The van der Waals surface area contributed by atoms with E-state index in [0.717, 1.165) is 17.5 Å². The number of carbonyl (C=O) groups is 2. The standard InChI is InChI=1S/C25H34N2O4/c1-6-19(4)26-25(29)23(7-2)27(16-20-11-9-8-10-18(20)3)24(28)17-31-22-14-12-21(30-5)13-15-22/h8-15,19,23H,6-7,16-17H2,1-5H3,(H,26,29). The van der Waals surface area contributed by atoms with Gasteiger partial charge < -0.3 is 19.7 Å². The van der Waals surface area contributed by atoms with E-state index in [0.29, 0.717) is 24.5 Å². The van der Waals surface area contributed by atoms with Crippen molar-refractivity contribution in [3.05, 3.63) is 59.7 Å². The minimum atomic E-state index is -0.569. The van der Waals surface area contributed by atoms with Crippen molar-refractivity contribution in [2.75, 3.05) is 13.7 Å². The van der Waals surface area contributed by atoms with Gasteiger partial charge in [0.15, 0.2) is 6.61 Å². The summed E-state index contributed by atoms with van der Waals surface area (Å²) in [6, 6.07) is 14.4. The van der Waals surface area contributed by atoms with Gasteiger partial charge in [0, 0.05) is 12.6 Å². The zero-order valence-electron chi connectivity index (χ0n) is 19.2. The zero-order chi connectivity index (χ0) is 22.8. The second kappa shape index (κ2) is 12.0. The van der Waals surface area contributed by atoms with Gasteiger partial charge >= 0.3 is 0 Å². The van der Waals surface area contributed by atoms with Crippen molar-refractivity contribution in [3.8, 4) is 11.5 Å². The van der Waals surface area contributed by atoms with Gasteiger partial charge in [0.25, 0.3) is 5.91 Å². The summed E-state index contributed by atoms with van der Waals surface area (Å²) >= 11 is 0. The molecular weight excluding hydrogens is 392 g/mol. The fourth-order valence-electron chi connectivity index (χ4n) is 3.23. The first-order valence-electron chi connectivity index (χ1n) is 10.8. The second-order valence-electron chi connectivity index (χ2n) is 7.65. The van der Waals surface area contributed by atoms with Crippen molar-refractivity contribution >= 4 is 11.8 Å². The molecule has 0 heterocycles. The van der Waals surface area contributed by atoms with Crippen molar-refractivity contribution in [1.82, 2.24) is 10.2 Å². The highest BCUT2D eigenvalue weighted by Crippen LogP contribution is 2.19. The van der Waals surface area contributed by atoms with Gasteiger partial charge in [0.05, 0.1) is 7.11 Å². The van der Waals surface area contributed by atoms with Crippen LogP contribution in [-0.2, 0) is 16.1 Å². The average molecular weight is 427 g/mol. The van der Waals surface area contributed by atoms with E-state index in [1.807, 2.05) is 52.0 Å². The molecule has 0 bridgehead atoms. The van der Waals surface area contributed by atoms with E-state index in [9.17, 15) is 9.59 Å². The molecule has 2 unspecified atom stereocenters. The van der Waals surface area contributed by atoms with Crippen LogP contribution in [0.1, 0.15) is 44.7 Å². The molecule has 6 nitrogen and oxygen atoms in total. The lowest BCUT2D eigenvalue weighted by atomic mass is 10.1. The molecule has 0 saturated heterocycles. The van der Waals surface area contributed by atoms with E-state index in [4.69, 9.17) is 9.47 Å². The van der Waals surface area contributed by atoms with Crippen LogP contribution in [0.5, 0.6) is 11.5 Å². The van der Waals surface area contributed by atoms with Gasteiger partial charge in [-0.05, 0) is 62.1 Å². The predicted octanol–water partition coefficient (Wildman–Crippen LogP) is 4.10. The van der Waals surface area contributed by atoms with Gasteiger partial charge in [-0.2, -0.15) is 0 Å². The lowest BCUT2D eigenvalue weighted by Crippen LogP contribution is -2.51. The lowest BCUT2D eigenvalue weighted by molar-refractivity contribution is -0.143. The summed E-state index contributed by atoms with van der Waals surface area (Å²) in [6.07, 6.45) is 1.34. The van der Waals surface area contributed by atoms with Crippen molar-refractivity contribution in [2.24, 2.45) is 0 Å². The number of hydrogen-bond acceptors (Lipinski definition) is 4. The number of nitrogens with one attached hydrogen (secondary N) is 1. The summed E-state index contributed by atoms with van der Waals surface area (Å²) in [5.41, 5.74) is 2.09. The first-order chi connectivity index (χ1) is 14.9. The lowest BCUT2D eigenvalue weighted by Gasteiger charge is -2.31. The van der Waals surface area contributed by atoms with Crippen LogP contribution < -0.4 is 14.8 Å².